The first kappa shape index (κ1) is 23.4. The molecule has 0 aliphatic heterocycles. The Kier molecular flexibility index (Phi) is 5.80. The molecule has 188 valence electrons. The first-order chi connectivity index (χ1) is 18.5. The number of benzene rings is 3. The number of aromatic amines is 1. The van der Waals surface area contributed by atoms with E-state index < -0.39 is 23.8 Å². The average Bonchev–Trinajstić information content (AvgIpc) is 3.63. The first-order valence-electron chi connectivity index (χ1n) is 11.9. The molecule has 0 spiro atoms. The summed E-state index contributed by atoms with van der Waals surface area (Å²) < 4.78 is 34.6. The van der Waals surface area contributed by atoms with Crippen LogP contribution in [0.3, 0.4) is 0 Å². The van der Waals surface area contributed by atoms with Crippen LogP contribution in [0.4, 0.5) is 8.78 Å². The molecule has 6 aromatic rings. The molecule has 38 heavy (non-hydrogen) atoms. The van der Waals surface area contributed by atoms with Gasteiger partial charge in [0.1, 0.15) is 5.52 Å². The van der Waals surface area contributed by atoms with Gasteiger partial charge in [-0.1, -0.05) is 78.9 Å². The van der Waals surface area contributed by atoms with Crippen molar-refractivity contribution >= 4 is 11.0 Å². The Morgan fingerprint density at radius 3 is 1.89 bits per heavy atom. The molecule has 7 nitrogen and oxygen atoms in total. The van der Waals surface area contributed by atoms with Crippen LogP contribution in [0, 0.1) is 0 Å². The fourth-order valence-electron chi connectivity index (χ4n) is 4.50. The van der Waals surface area contributed by atoms with Crippen molar-refractivity contribution in [2.45, 2.75) is 12.6 Å². The second-order valence-electron chi connectivity index (χ2n) is 8.77. The Morgan fingerprint density at radius 2 is 1.29 bits per heavy atom. The van der Waals surface area contributed by atoms with Crippen molar-refractivity contribution < 1.29 is 8.78 Å². The van der Waals surface area contributed by atoms with Crippen molar-refractivity contribution in [2.75, 3.05) is 0 Å². The van der Waals surface area contributed by atoms with Crippen LogP contribution in [-0.4, -0.2) is 23.9 Å². The van der Waals surface area contributed by atoms with E-state index in [0.29, 0.717) is 15.8 Å². The van der Waals surface area contributed by atoms with E-state index in [1.165, 1.54) is 30.3 Å². The normalized spacial score (nSPS) is 13.0. The number of H-pyrrole nitrogens is 1. The van der Waals surface area contributed by atoms with Gasteiger partial charge < -0.3 is 4.98 Å². The molecule has 0 saturated heterocycles. The SMILES string of the molecule is O=c1c2[nH]c(-c3cnn(-c4ccccc4)c3)cc2n(C(F)c2ccccc2)c(=O)n1C(F)c1ccccc1. The second-order valence-corrected chi connectivity index (χ2v) is 8.77. The third-order valence-electron chi connectivity index (χ3n) is 6.42. The molecule has 3 heterocycles. The van der Waals surface area contributed by atoms with Gasteiger partial charge >= 0.3 is 5.69 Å². The van der Waals surface area contributed by atoms with E-state index in [1.807, 2.05) is 30.3 Å². The third-order valence-corrected chi connectivity index (χ3v) is 6.42. The lowest BCUT2D eigenvalue weighted by molar-refractivity contribution is 0.248. The molecule has 0 radical (unpaired) electrons. The molecule has 6 rings (SSSR count). The highest BCUT2D eigenvalue weighted by Crippen LogP contribution is 2.28. The number of halogens is 2. The van der Waals surface area contributed by atoms with Gasteiger partial charge in [-0.15, -0.1) is 0 Å². The van der Waals surface area contributed by atoms with Gasteiger partial charge in [-0.05, 0) is 18.2 Å². The van der Waals surface area contributed by atoms with Gasteiger partial charge in [0.15, 0.2) is 0 Å². The monoisotopic (exact) mass is 509 g/mol. The zero-order chi connectivity index (χ0) is 26.2. The van der Waals surface area contributed by atoms with Crippen LogP contribution in [0.25, 0.3) is 28.0 Å². The Labute approximate surface area is 214 Å². The van der Waals surface area contributed by atoms with E-state index in [1.54, 1.807) is 53.5 Å². The maximum absolute atomic E-state index is 16.0. The zero-order valence-electron chi connectivity index (χ0n) is 19.9. The van der Waals surface area contributed by atoms with Crippen molar-refractivity contribution in [2.24, 2.45) is 0 Å². The summed E-state index contributed by atoms with van der Waals surface area (Å²) in [6.45, 7) is 0. The summed E-state index contributed by atoms with van der Waals surface area (Å²) in [5.74, 6) is 0. The predicted molar refractivity (Wildman–Crippen MR) is 141 cm³/mol. The number of nitrogens with one attached hydrogen (secondary N) is 1. The standard InChI is InChI=1S/C29H21F2N5O2/c30-26(19-10-4-1-5-11-19)35-24-16-23(21-17-32-34(18-21)22-14-8-3-9-15-22)33-25(24)28(37)36(29(35)38)27(31)20-12-6-2-7-13-20/h1-18,26-27,33H. The van der Waals surface area contributed by atoms with Gasteiger partial charge in [0.2, 0.25) is 12.6 Å². The van der Waals surface area contributed by atoms with Crippen molar-refractivity contribution in [3.05, 3.63) is 141 Å². The van der Waals surface area contributed by atoms with Gasteiger partial charge in [0.25, 0.3) is 5.56 Å². The van der Waals surface area contributed by atoms with Gasteiger partial charge in [0.05, 0.1) is 23.1 Å². The van der Waals surface area contributed by atoms with E-state index in [2.05, 4.69) is 10.1 Å². The van der Waals surface area contributed by atoms with Gasteiger partial charge in [-0.3, -0.25) is 9.36 Å². The Bertz CT molecular complexity index is 1840. The third kappa shape index (κ3) is 3.94. The van der Waals surface area contributed by atoms with E-state index in [-0.39, 0.29) is 22.2 Å². The summed E-state index contributed by atoms with van der Waals surface area (Å²) >= 11 is 0. The number of rotatable bonds is 6. The predicted octanol–water partition coefficient (Wildman–Crippen LogP) is 5.38. The van der Waals surface area contributed by atoms with Crippen LogP contribution >= 0.6 is 0 Å². The fourth-order valence-corrected chi connectivity index (χ4v) is 4.50. The second kappa shape index (κ2) is 9.44. The molecule has 0 aliphatic rings. The molecule has 2 atom stereocenters. The van der Waals surface area contributed by atoms with Crippen molar-refractivity contribution in [1.82, 2.24) is 23.9 Å². The zero-order valence-corrected chi connectivity index (χ0v) is 19.9. The minimum Gasteiger partial charge on any atom is -0.349 e. The number of hydrogen-bond donors (Lipinski definition) is 1. The lowest BCUT2D eigenvalue weighted by atomic mass is 10.2. The summed E-state index contributed by atoms with van der Waals surface area (Å²) in [6, 6.07) is 26.8. The van der Waals surface area contributed by atoms with Gasteiger partial charge in [-0.25, -0.2) is 22.8 Å². The lowest BCUT2D eigenvalue weighted by Crippen LogP contribution is -2.42. The molecule has 0 fully saturated rings. The Balaban J connectivity index is 1.57. The van der Waals surface area contributed by atoms with Crippen molar-refractivity contribution in [3.63, 3.8) is 0 Å². The number of para-hydroxylation sites is 1. The minimum atomic E-state index is -2.11. The molecule has 0 saturated carbocycles. The molecule has 0 aliphatic carbocycles. The maximum atomic E-state index is 16.0. The Hall–Kier alpha value is -5.05. The molecule has 3 aromatic carbocycles. The van der Waals surface area contributed by atoms with Crippen LogP contribution in [0.1, 0.15) is 23.7 Å². The summed E-state index contributed by atoms with van der Waals surface area (Å²) in [5.41, 5.74) is 0.0926. The van der Waals surface area contributed by atoms with Crippen molar-refractivity contribution in [3.8, 4) is 16.9 Å². The highest BCUT2D eigenvalue weighted by Gasteiger charge is 2.27. The van der Waals surface area contributed by atoms with Crippen molar-refractivity contribution in [1.29, 1.82) is 0 Å². The number of aromatic nitrogens is 5. The summed E-state index contributed by atoms with van der Waals surface area (Å²) in [6.07, 6.45) is -0.739. The molecule has 1 N–H and O–H groups in total. The molecule has 3 aromatic heterocycles. The highest BCUT2D eigenvalue weighted by molar-refractivity contribution is 5.82. The molecule has 0 amide bonds. The van der Waals surface area contributed by atoms with E-state index >= 15 is 8.78 Å². The smallest absolute Gasteiger partial charge is 0.336 e. The van der Waals surface area contributed by atoms with E-state index in [4.69, 9.17) is 0 Å². The highest BCUT2D eigenvalue weighted by atomic mass is 19.1. The van der Waals surface area contributed by atoms with Gasteiger partial charge in [-0.2, -0.15) is 5.10 Å². The quantitative estimate of drug-likeness (QED) is 0.328. The molecule has 9 heteroatoms. The Morgan fingerprint density at radius 1 is 0.737 bits per heavy atom. The summed E-state index contributed by atoms with van der Waals surface area (Å²) in [4.78, 5) is 30.1. The molecule has 2 unspecified atom stereocenters. The van der Waals surface area contributed by atoms with Crippen LogP contribution in [0.2, 0.25) is 0 Å². The minimum absolute atomic E-state index is 0.0234. The fraction of sp³-hybridized carbons (Fsp3) is 0.0690. The number of fused-ring (bicyclic) bond motifs is 1. The summed E-state index contributed by atoms with van der Waals surface area (Å²) in [7, 11) is 0. The lowest BCUT2D eigenvalue weighted by Gasteiger charge is -2.18. The molecule has 0 bridgehead atoms. The van der Waals surface area contributed by atoms with E-state index in [0.717, 1.165) is 10.3 Å². The van der Waals surface area contributed by atoms with Crippen LogP contribution in [0.15, 0.2) is 119 Å². The van der Waals surface area contributed by atoms with Crippen LogP contribution in [-0.2, 0) is 0 Å². The molecular weight excluding hydrogens is 488 g/mol. The number of alkyl halides is 2. The molecular formula is C29H21F2N5O2. The number of hydrogen-bond acceptors (Lipinski definition) is 3. The number of nitrogens with zero attached hydrogens (tertiary/aromatic N) is 4. The maximum Gasteiger partial charge on any atom is 0.336 e. The van der Waals surface area contributed by atoms with Crippen LogP contribution in [0.5, 0.6) is 0 Å². The van der Waals surface area contributed by atoms with Gasteiger partial charge in [0, 0.05) is 22.9 Å². The topological polar surface area (TPSA) is 77.6 Å². The van der Waals surface area contributed by atoms with E-state index in [9.17, 15) is 9.59 Å². The average molecular weight is 510 g/mol. The first-order valence-corrected chi connectivity index (χ1v) is 11.9. The summed E-state index contributed by atoms with van der Waals surface area (Å²) in [5, 5.41) is 4.37. The largest absolute Gasteiger partial charge is 0.349 e. The van der Waals surface area contributed by atoms with Crippen LogP contribution < -0.4 is 11.2 Å².